The van der Waals surface area contributed by atoms with Crippen LogP contribution in [0, 0.1) is 0 Å². The number of carbonyl (C=O) groups is 1. The van der Waals surface area contributed by atoms with E-state index in [1.54, 1.807) is 24.5 Å². The standard InChI is InChI=1S/C13H15N3O2S/c1-13(2,3)18-12(17)11-9(14)10(16-19-11)8-4-6-15-7-5-8/h4-7H,14H2,1-3H3. The van der Waals surface area contributed by atoms with Gasteiger partial charge in [-0.05, 0) is 44.4 Å². The number of esters is 1. The van der Waals surface area contributed by atoms with Crippen LogP contribution in [-0.2, 0) is 4.74 Å². The van der Waals surface area contributed by atoms with Gasteiger partial charge in [0.15, 0.2) is 4.88 Å². The van der Waals surface area contributed by atoms with Crippen LogP contribution in [-0.4, -0.2) is 20.9 Å². The zero-order valence-corrected chi connectivity index (χ0v) is 11.8. The Hall–Kier alpha value is -1.95. The van der Waals surface area contributed by atoms with Gasteiger partial charge in [0.2, 0.25) is 0 Å². The van der Waals surface area contributed by atoms with Gasteiger partial charge in [0, 0.05) is 18.0 Å². The molecule has 5 nitrogen and oxygen atoms in total. The van der Waals surface area contributed by atoms with E-state index in [0.29, 0.717) is 16.3 Å². The first-order chi connectivity index (χ1) is 8.88. The average molecular weight is 277 g/mol. The molecule has 2 heterocycles. The Balaban J connectivity index is 2.31. The van der Waals surface area contributed by atoms with Crippen LogP contribution in [0.5, 0.6) is 0 Å². The third kappa shape index (κ3) is 3.08. The minimum Gasteiger partial charge on any atom is -0.456 e. The van der Waals surface area contributed by atoms with Gasteiger partial charge in [-0.25, -0.2) is 4.79 Å². The lowest BCUT2D eigenvalue weighted by Crippen LogP contribution is -2.23. The Morgan fingerprint density at radius 3 is 2.53 bits per heavy atom. The summed E-state index contributed by atoms with van der Waals surface area (Å²) in [6, 6.07) is 3.59. The van der Waals surface area contributed by atoms with Gasteiger partial charge in [-0.1, -0.05) is 0 Å². The Morgan fingerprint density at radius 2 is 1.95 bits per heavy atom. The summed E-state index contributed by atoms with van der Waals surface area (Å²) >= 11 is 1.05. The topological polar surface area (TPSA) is 78.1 Å². The highest BCUT2D eigenvalue weighted by Gasteiger charge is 2.24. The van der Waals surface area contributed by atoms with E-state index in [9.17, 15) is 4.79 Å². The zero-order valence-electron chi connectivity index (χ0n) is 11.0. The van der Waals surface area contributed by atoms with E-state index < -0.39 is 11.6 Å². The number of nitrogen functional groups attached to an aromatic ring is 1. The van der Waals surface area contributed by atoms with Gasteiger partial charge < -0.3 is 10.5 Å². The molecular weight excluding hydrogens is 262 g/mol. The van der Waals surface area contributed by atoms with Crippen molar-refractivity contribution in [1.29, 1.82) is 0 Å². The monoisotopic (exact) mass is 277 g/mol. The minimum absolute atomic E-state index is 0.335. The van der Waals surface area contributed by atoms with Gasteiger partial charge in [0.25, 0.3) is 0 Å². The van der Waals surface area contributed by atoms with Crippen molar-refractivity contribution in [3.8, 4) is 11.3 Å². The molecule has 6 heteroatoms. The lowest BCUT2D eigenvalue weighted by Gasteiger charge is -2.18. The number of anilines is 1. The number of rotatable bonds is 2. The Bertz CT molecular complexity index is 588. The van der Waals surface area contributed by atoms with Crippen LogP contribution >= 0.6 is 11.5 Å². The second kappa shape index (κ2) is 4.97. The molecule has 2 N–H and O–H groups in total. The highest BCUT2D eigenvalue weighted by molar-refractivity contribution is 7.09. The molecule has 0 aromatic carbocycles. The summed E-state index contributed by atoms with van der Waals surface area (Å²) in [5.41, 5.74) is 7.21. The number of nitrogens with two attached hydrogens (primary N) is 1. The van der Waals surface area contributed by atoms with Crippen molar-refractivity contribution in [3.63, 3.8) is 0 Å². The molecule has 0 saturated heterocycles. The van der Waals surface area contributed by atoms with Crippen molar-refractivity contribution < 1.29 is 9.53 Å². The second-order valence-corrected chi connectivity index (χ2v) is 5.79. The summed E-state index contributed by atoms with van der Waals surface area (Å²) < 4.78 is 9.52. The Labute approximate surface area is 115 Å². The van der Waals surface area contributed by atoms with Crippen LogP contribution in [0.2, 0.25) is 0 Å². The van der Waals surface area contributed by atoms with Crippen molar-refractivity contribution in [2.24, 2.45) is 0 Å². The quantitative estimate of drug-likeness (QED) is 0.854. The largest absolute Gasteiger partial charge is 0.456 e. The van der Waals surface area contributed by atoms with E-state index in [2.05, 4.69) is 9.36 Å². The molecule has 0 amide bonds. The summed E-state index contributed by atoms with van der Waals surface area (Å²) in [6.45, 7) is 5.43. The first kappa shape index (κ1) is 13.5. The second-order valence-electron chi connectivity index (χ2n) is 5.01. The lowest BCUT2D eigenvalue weighted by molar-refractivity contribution is 0.00764. The maximum atomic E-state index is 12.0. The van der Waals surface area contributed by atoms with Crippen LogP contribution < -0.4 is 5.73 Å². The van der Waals surface area contributed by atoms with Gasteiger partial charge >= 0.3 is 5.97 Å². The Morgan fingerprint density at radius 1 is 1.32 bits per heavy atom. The number of nitrogens with zero attached hydrogens (tertiary/aromatic N) is 2. The van der Waals surface area contributed by atoms with E-state index in [1.807, 2.05) is 20.8 Å². The third-order valence-electron chi connectivity index (χ3n) is 2.27. The fourth-order valence-electron chi connectivity index (χ4n) is 1.49. The average Bonchev–Trinajstić information content (AvgIpc) is 2.70. The first-order valence-corrected chi connectivity index (χ1v) is 6.55. The molecule has 0 aliphatic carbocycles. The molecule has 2 rings (SSSR count). The summed E-state index contributed by atoms with van der Waals surface area (Å²) in [4.78, 5) is 16.3. The third-order valence-corrected chi connectivity index (χ3v) is 3.11. The van der Waals surface area contributed by atoms with Gasteiger partial charge in [0.1, 0.15) is 11.3 Å². The summed E-state index contributed by atoms with van der Waals surface area (Å²) in [7, 11) is 0. The molecule has 100 valence electrons. The highest BCUT2D eigenvalue weighted by atomic mass is 32.1. The van der Waals surface area contributed by atoms with Crippen molar-refractivity contribution in [2.45, 2.75) is 26.4 Å². The lowest BCUT2D eigenvalue weighted by atomic mass is 10.1. The maximum absolute atomic E-state index is 12.0. The predicted molar refractivity (Wildman–Crippen MR) is 74.9 cm³/mol. The van der Waals surface area contributed by atoms with E-state index >= 15 is 0 Å². The number of ether oxygens (including phenoxy) is 1. The van der Waals surface area contributed by atoms with E-state index in [0.717, 1.165) is 17.1 Å². The van der Waals surface area contributed by atoms with Crippen molar-refractivity contribution >= 4 is 23.2 Å². The molecule has 19 heavy (non-hydrogen) atoms. The number of hydrogen-bond acceptors (Lipinski definition) is 6. The molecule has 0 radical (unpaired) electrons. The van der Waals surface area contributed by atoms with Crippen LogP contribution in [0.3, 0.4) is 0 Å². The first-order valence-electron chi connectivity index (χ1n) is 5.77. The normalized spacial score (nSPS) is 11.3. The zero-order chi connectivity index (χ0) is 14.0. The smallest absolute Gasteiger partial charge is 0.352 e. The van der Waals surface area contributed by atoms with E-state index in [1.165, 1.54) is 0 Å². The predicted octanol–water partition coefficient (Wildman–Crippen LogP) is 2.74. The van der Waals surface area contributed by atoms with Gasteiger partial charge in [-0.3, -0.25) is 4.98 Å². The number of hydrogen-bond donors (Lipinski definition) is 1. The fourth-order valence-corrected chi connectivity index (χ4v) is 2.18. The van der Waals surface area contributed by atoms with Crippen LogP contribution in [0.1, 0.15) is 30.4 Å². The minimum atomic E-state index is -0.551. The van der Waals surface area contributed by atoms with Crippen LogP contribution in [0.4, 0.5) is 5.69 Å². The number of pyridine rings is 1. The summed E-state index contributed by atoms with van der Waals surface area (Å²) in [5, 5.41) is 0. The van der Waals surface area contributed by atoms with Crippen LogP contribution in [0.25, 0.3) is 11.3 Å². The summed E-state index contributed by atoms with van der Waals surface area (Å²) in [5.74, 6) is -0.442. The molecule has 0 atom stereocenters. The molecule has 0 unspecified atom stereocenters. The molecule has 0 aliphatic rings. The van der Waals surface area contributed by atoms with Gasteiger partial charge in [-0.15, -0.1) is 0 Å². The van der Waals surface area contributed by atoms with E-state index in [4.69, 9.17) is 10.5 Å². The molecule has 2 aromatic heterocycles. The van der Waals surface area contributed by atoms with Crippen molar-refractivity contribution in [3.05, 3.63) is 29.4 Å². The highest BCUT2D eigenvalue weighted by Crippen LogP contribution is 2.31. The van der Waals surface area contributed by atoms with Gasteiger partial charge in [0.05, 0.1) is 5.69 Å². The molecule has 0 spiro atoms. The van der Waals surface area contributed by atoms with Gasteiger partial charge in [-0.2, -0.15) is 4.37 Å². The van der Waals surface area contributed by atoms with Crippen molar-refractivity contribution in [1.82, 2.24) is 9.36 Å². The van der Waals surface area contributed by atoms with Crippen molar-refractivity contribution in [2.75, 3.05) is 5.73 Å². The number of aromatic nitrogens is 2. The SMILES string of the molecule is CC(C)(C)OC(=O)c1snc(-c2ccncc2)c1N. The van der Waals surface area contributed by atoms with E-state index in [-0.39, 0.29) is 0 Å². The molecular formula is C13H15N3O2S. The number of carbonyl (C=O) groups excluding carboxylic acids is 1. The van der Waals surface area contributed by atoms with Crippen LogP contribution in [0.15, 0.2) is 24.5 Å². The molecule has 0 fully saturated rings. The summed E-state index contributed by atoms with van der Waals surface area (Å²) in [6.07, 6.45) is 3.31. The maximum Gasteiger partial charge on any atom is 0.352 e. The molecule has 0 saturated carbocycles. The molecule has 2 aromatic rings. The molecule has 0 bridgehead atoms. The Kier molecular flexibility index (Phi) is 3.53. The fraction of sp³-hybridized carbons (Fsp3) is 0.308. The molecule has 0 aliphatic heterocycles.